The van der Waals surface area contributed by atoms with Gasteiger partial charge in [0.2, 0.25) is 0 Å². The van der Waals surface area contributed by atoms with Crippen LogP contribution in [0, 0.1) is 5.92 Å². The molecule has 1 aliphatic rings. The molecule has 0 saturated heterocycles. The van der Waals surface area contributed by atoms with E-state index < -0.39 is 6.09 Å². The molecule has 0 radical (unpaired) electrons. The number of benzene rings is 1. The summed E-state index contributed by atoms with van der Waals surface area (Å²) in [5.41, 5.74) is 1.21. The Hall–Kier alpha value is -2.24. The lowest BCUT2D eigenvalue weighted by molar-refractivity contribution is 0.147. The first-order valence-corrected chi connectivity index (χ1v) is 8.64. The Morgan fingerprint density at radius 2 is 1.79 bits per heavy atom. The van der Waals surface area contributed by atoms with Crippen LogP contribution in [0.5, 0.6) is 0 Å². The van der Waals surface area contributed by atoms with Crippen molar-refractivity contribution in [1.29, 1.82) is 0 Å². The molecule has 0 aromatic heterocycles. The molecular weight excluding hydrogens is 306 g/mol. The molecule has 0 bridgehead atoms. The monoisotopic (exact) mass is 333 g/mol. The number of amides is 3. The van der Waals surface area contributed by atoms with Crippen molar-refractivity contribution in [3.8, 4) is 0 Å². The molecule has 1 aromatic rings. The number of nitrogens with one attached hydrogen (secondary N) is 3. The zero-order valence-corrected chi connectivity index (χ0v) is 14.4. The summed E-state index contributed by atoms with van der Waals surface area (Å²) in [5.74, 6) is 0.284. The van der Waals surface area contributed by atoms with Crippen molar-refractivity contribution in [2.75, 3.05) is 17.2 Å². The third-order valence-corrected chi connectivity index (χ3v) is 3.85. The molecule has 1 fully saturated rings. The Morgan fingerprint density at radius 3 is 2.46 bits per heavy atom. The van der Waals surface area contributed by atoms with E-state index in [4.69, 9.17) is 4.74 Å². The fourth-order valence-corrected chi connectivity index (χ4v) is 2.67. The van der Waals surface area contributed by atoms with E-state index in [1.54, 1.807) is 24.3 Å². The van der Waals surface area contributed by atoms with Gasteiger partial charge in [-0.25, -0.2) is 9.59 Å². The molecule has 3 N–H and O–H groups in total. The minimum Gasteiger partial charge on any atom is -0.449 e. The van der Waals surface area contributed by atoms with Gasteiger partial charge in [0.15, 0.2) is 0 Å². The fourth-order valence-electron chi connectivity index (χ4n) is 2.67. The summed E-state index contributed by atoms with van der Waals surface area (Å²) in [5, 5.41) is 8.47. The smallest absolute Gasteiger partial charge is 0.411 e. The molecular formula is C18H27N3O3. The summed E-state index contributed by atoms with van der Waals surface area (Å²) in [4.78, 5) is 23.7. The SMILES string of the molecule is CC(C)COC(=O)Nc1cccc(NC(=O)NC2CCCCC2)c1. The summed E-state index contributed by atoms with van der Waals surface area (Å²) in [7, 11) is 0. The molecule has 0 heterocycles. The predicted octanol–water partition coefficient (Wildman–Crippen LogP) is 4.35. The fraction of sp³-hybridized carbons (Fsp3) is 0.556. The Kier molecular flexibility index (Phi) is 6.90. The van der Waals surface area contributed by atoms with Crippen molar-refractivity contribution >= 4 is 23.5 Å². The van der Waals surface area contributed by atoms with E-state index in [-0.39, 0.29) is 18.0 Å². The molecule has 6 nitrogen and oxygen atoms in total. The van der Waals surface area contributed by atoms with E-state index in [1.807, 2.05) is 13.8 Å². The van der Waals surface area contributed by atoms with Gasteiger partial charge in [-0.15, -0.1) is 0 Å². The molecule has 0 atom stereocenters. The van der Waals surface area contributed by atoms with Gasteiger partial charge in [0.1, 0.15) is 0 Å². The van der Waals surface area contributed by atoms with Gasteiger partial charge in [-0.2, -0.15) is 0 Å². The number of ether oxygens (including phenoxy) is 1. The van der Waals surface area contributed by atoms with Crippen molar-refractivity contribution in [1.82, 2.24) is 5.32 Å². The highest BCUT2D eigenvalue weighted by atomic mass is 16.5. The van der Waals surface area contributed by atoms with Crippen molar-refractivity contribution in [2.45, 2.75) is 52.0 Å². The average molecular weight is 333 g/mol. The minimum atomic E-state index is -0.493. The van der Waals surface area contributed by atoms with Gasteiger partial charge in [-0.05, 0) is 37.0 Å². The van der Waals surface area contributed by atoms with Crippen LogP contribution >= 0.6 is 0 Å². The van der Waals surface area contributed by atoms with E-state index in [0.717, 1.165) is 12.8 Å². The molecule has 0 aliphatic heterocycles. The van der Waals surface area contributed by atoms with E-state index in [0.29, 0.717) is 18.0 Å². The van der Waals surface area contributed by atoms with Gasteiger partial charge in [0.05, 0.1) is 6.61 Å². The first-order chi connectivity index (χ1) is 11.5. The second-order valence-corrected chi connectivity index (χ2v) is 6.63. The van der Waals surface area contributed by atoms with Gasteiger partial charge < -0.3 is 15.4 Å². The van der Waals surface area contributed by atoms with E-state index in [1.165, 1.54) is 19.3 Å². The van der Waals surface area contributed by atoms with Crippen molar-refractivity contribution in [2.24, 2.45) is 5.92 Å². The Labute approximate surface area is 143 Å². The average Bonchev–Trinajstić information content (AvgIpc) is 2.54. The van der Waals surface area contributed by atoms with Crippen LogP contribution in [0.3, 0.4) is 0 Å². The lowest BCUT2D eigenvalue weighted by Gasteiger charge is -2.22. The Bertz CT molecular complexity index is 554. The third kappa shape index (κ3) is 6.48. The van der Waals surface area contributed by atoms with Crippen LogP contribution in [-0.4, -0.2) is 24.8 Å². The van der Waals surface area contributed by atoms with Crippen LogP contribution < -0.4 is 16.0 Å². The maximum atomic E-state index is 12.1. The summed E-state index contributed by atoms with van der Waals surface area (Å²) in [6, 6.07) is 7.06. The molecule has 2 rings (SSSR count). The first-order valence-electron chi connectivity index (χ1n) is 8.64. The van der Waals surface area contributed by atoms with Crippen molar-refractivity contribution in [3.63, 3.8) is 0 Å². The molecule has 1 aromatic carbocycles. The predicted molar refractivity (Wildman–Crippen MR) is 95.3 cm³/mol. The van der Waals surface area contributed by atoms with Crippen LogP contribution in [0.15, 0.2) is 24.3 Å². The number of carbonyl (C=O) groups excluding carboxylic acids is 2. The second-order valence-electron chi connectivity index (χ2n) is 6.63. The topological polar surface area (TPSA) is 79.5 Å². The summed E-state index contributed by atoms with van der Waals surface area (Å²) < 4.78 is 5.08. The molecule has 0 spiro atoms. The highest BCUT2D eigenvalue weighted by Gasteiger charge is 2.15. The zero-order chi connectivity index (χ0) is 17.4. The summed E-state index contributed by atoms with van der Waals surface area (Å²) in [6.07, 6.45) is 5.17. The van der Waals surface area contributed by atoms with Crippen molar-refractivity contribution in [3.05, 3.63) is 24.3 Å². The molecule has 24 heavy (non-hydrogen) atoms. The zero-order valence-electron chi connectivity index (χ0n) is 14.4. The van der Waals surface area contributed by atoms with Gasteiger partial charge >= 0.3 is 12.1 Å². The quantitative estimate of drug-likeness (QED) is 0.749. The summed E-state index contributed by atoms with van der Waals surface area (Å²) >= 11 is 0. The minimum absolute atomic E-state index is 0.207. The van der Waals surface area contributed by atoms with E-state index in [9.17, 15) is 9.59 Å². The maximum Gasteiger partial charge on any atom is 0.411 e. The first kappa shape index (κ1) is 18.1. The number of hydrogen-bond donors (Lipinski definition) is 3. The number of hydrogen-bond acceptors (Lipinski definition) is 3. The van der Waals surface area contributed by atoms with Crippen LogP contribution in [0.25, 0.3) is 0 Å². The van der Waals surface area contributed by atoms with Crippen LogP contribution in [0.2, 0.25) is 0 Å². The third-order valence-electron chi connectivity index (χ3n) is 3.85. The maximum absolute atomic E-state index is 12.1. The number of carbonyl (C=O) groups is 2. The lowest BCUT2D eigenvalue weighted by atomic mass is 9.96. The molecule has 1 aliphatic carbocycles. The number of urea groups is 1. The number of anilines is 2. The molecule has 6 heteroatoms. The van der Waals surface area contributed by atoms with Gasteiger partial charge in [-0.1, -0.05) is 39.2 Å². The highest BCUT2D eigenvalue weighted by Crippen LogP contribution is 2.18. The van der Waals surface area contributed by atoms with Gasteiger partial charge in [0, 0.05) is 17.4 Å². The van der Waals surface area contributed by atoms with Crippen LogP contribution in [0.1, 0.15) is 46.0 Å². The van der Waals surface area contributed by atoms with Gasteiger partial charge in [-0.3, -0.25) is 5.32 Å². The molecule has 132 valence electrons. The molecule has 0 unspecified atom stereocenters. The lowest BCUT2D eigenvalue weighted by Crippen LogP contribution is -2.39. The molecule has 3 amide bonds. The van der Waals surface area contributed by atoms with Crippen molar-refractivity contribution < 1.29 is 14.3 Å². The highest BCUT2D eigenvalue weighted by molar-refractivity contribution is 5.91. The number of rotatable bonds is 5. The second kappa shape index (κ2) is 9.15. The summed E-state index contributed by atoms with van der Waals surface area (Å²) in [6.45, 7) is 4.32. The van der Waals surface area contributed by atoms with E-state index in [2.05, 4.69) is 16.0 Å². The normalized spacial score (nSPS) is 15.0. The Balaban J connectivity index is 1.83. The molecule has 1 saturated carbocycles. The van der Waals surface area contributed by atoms with E-state index >= 15 is 0 Å². The van der Waals surface area contributed by atoms with Gasteiger partial charge in [0.25, 0.3) is 0 Å². The van der Waals surface area contributed by atoms with Crippen LogP contribution in [0.4, 0.5) is 21.0 Å². The standard InChI is InChI=1S/C18H27N3O3/c1-13(2)12-24-18(23)21-16-10-6-9-15(11-16)20-17(22)19-14-7-4-3-5-8-14/h6,9-11,13-14H,3-5,7-8,12H2,1-2H3,(H,21,23)(H2,19,20,22). The largest absolute Gasteiger partial charge is 0.449 e. The Morgan fingerprint density at radius 1 is 1.12 bits per heavy atom. The van der Waals surface area contributed by atoms with Crippen LogP contribution in [-0.2, 0) is 4.74 Å².